The molecule has 1 N–H and O–H groups in total. The van der Waals surface area contributed by atoms with Crippen molar-refractivity contribution in [2.45, 2.75) is 19.4 Å². The topological polar surface area (TPSA) is 49.8 Å². The molecule has 1 fully saturated rings. The molecule has 27 heavy (non-hydrogen) atoms. The van der Waals surface area contributed by atoms with Gasteiger partial charge >= 0.3 is 5.97 Å². The van der Waals surface area contributed by atoms with Gasteiger partial charge in [-0.15, -0.1) is 0 Å². The maximum absolute atomic E-state index is 11.0. The van der Waals surface area contributed by atoms with Crippen molar-refractivity contribution in [1.82, 2.24) is 4.90 Å². The van der Waals surface area contributed by atoms with Crippen LogP contribution in [0.2, 0.25) is 0 Å². The van der Waals surface area contributed by atoms with Crippen LogP contribution in [0.4, 0.5) is 0 Å². The van der Waals surface area contributed by atoms with E-state index in [4.69, 9.17) is 9.84 Å². The molecule has 4 rings (SSSR count). The highest BCUT2D eigenvalue weighted by atomic mass is 16.5. The van der Waals surface area contributed by atoms with Crippen LogP contribution in [0.3, 0.4) is 0 Å². The summed E-state index contributed by atoms with van der Waals surface area (Å²) in [5.41, 5.74) is 6.97. The molecule has 0 radical (unpaired) electrons. The molecule has 2 aromatic rings. The Morgan fingerprint density at radius 2 is 1.81 bits per heavy atom. The Balaban J connectivity index is 1.92. The average Bonchev–Trinajstić information content (AvgIpc) is 2.84. The lowest BCUT2D eigenvalue weighted by Crippen LogP contribution is -2.27. The van der Waals surface area contributed by atoms with E-state index < -0.39 is 5.97 Å². The highest BCUT2D eigenvalue weighted by Crippen LogP contribution is 2.42. The normalized spacial score (nSPS) is 17.2. The highest BCUT2D eigenvalue weighted by Gasteiger charge is 2.25. The van der Waals surface area contributed by atoms with Gasteiger partial charge in [-0.05, 0) is 42.7 Å². The minimum Gasteiger partial charge on any atom is -0.488 e. The standard InChI is InChI=1S/C23H23NO3/c1-24-13-11-16(12-14-24)22-19-7-3-2-5-18(19)15-27-23-17(9-10-21(25)26)6-4-8-20(22)23/h2-10H,11-15H2,1H3,(H,25,26). The molecule has 0 atom stereocenters. The van der Waals surface area contributed by atoms with Crippen molar-refractivity contribution in [2.24, 2.45) is 0 Å². The molecule has 138 valence electrons. The summed E-state index contributed by atoms with van der Waals surface area (Å²) in [6.45, 7) is 2.59. The summed E-state index contributed by atoms with van der Waals surface area (Å²) in [4.78, 5) is 13.3. The second-order valence-corrected chi connectivity index (χ2v) is 7.12. The number of ether oxygens (including phenoxy) is 1. The fraction of sp³-hybridized carbons (Fsp3) is 0.261. The van der Waals surface area contributed by atoms with Crippen LogP contribution in [0.25, 0.3) is 11.6 Å². The Hall–Kier alpha value is -2.85. The summed E-state index contributed by atoms with van der Waals surface area (Å²) < 4.78 is 6.19. The van der Waals surface area contributed by atoms with Gasteiger partial charge in [0.25, 0.3) is 0 Å². The number of hydrogen-bond donors (Lipinski definition) is 1. The molecule has 2 aliphatic heterocycles. The molecule has 0 aliphatic carbocycles. The van der Waals surface area contributed by atoms with Gasteiger partial charge in [-0.1, -0.05) is 48.0 Å². The van der Waals surface area contributed by atoms with Gasteiger partial charge < -0.3 is 14.7 Å². The van der Waals surface area contributed by atoms with E-state index in [0.29, 0.717) is 6.61 Å². The molecular weight excluding hydrogens is 338 g/mol. The quantitative estimate of drug-likeness (QED) is 0.815. The molecule has 2 aliphatic rings. The second kappa shape index (κ2) is 7.41. The summed E-state index contributed by atoms with van der Waals surface area (Å²) in [7, 11) is 2.16. The van der Waals surface area contributed by atoms with E-state index in [2.05, 4.69) is 36.2 Å². The molecule has 0 amide bonds. The van der Waals surface area contributed by atoms with E-state index >= 15 is 0 Å². The lowest BCUT2D eigenvalue weighted by atomic mass is 9.86. The summed E-state index contributed by atoms with van der Waals surface area (Å²) in [6.07, 6.45) is 4.86. The van der Waals surface area contributed by atoms with E-state index in [1.165, 1.54) is 28.3 Å². The van der Waals surface area contributed by atoms with Crippen molar-refractivity contribution in [2.75, 3.05) is 20.1 Å². The van der Waals surface area contributed by atoms with Gasteiger partial charge in [-0.25, -0.2) is 4.79 Å². The predicted octanol–water partition coefficient (Wildman–Crippen LogP) is 4.20. The number of nitrogens with zero attached hydrogens (tertiary/aromatic N) is 1. The number of para-hydroxylation sites is 1. The van der Waals surface area contributed by atoms with Gasteiger partial charge in [-0.2, -0.15) is 0 Å². The number of carboxylic acids is 1. The third kappa shape index (κ3) is 3.53. The molecule has 0 aromatic heterocycles. The number of aliphatic carboxylic acids is 1. The zero-order chi connectivity index (χ0) is 18.8. The van der Waals surface area contributed by atoms with Gasteiger partial charge in [0.1, 0.15) is 12.4 Å². The molecule has 0 unspecified atom stereocenters. The zero-order valence-corrected chi connectivity index (χ0v) is 15.4. The van der Waals surface area contributed by atoms with Crippen molar-refractivity contribution in [3.8, 4) is 5.75 Å². The Kier molecular flexibility index (Phi) is 4.82. The van der Waals surface area contributed by atoms with Gasteiger partial charge in [0, 0.05) is 30.3 Å². The lowest BCUT2D eigenvalue weighted by molar-refractivity contribution is -0.131. The summed E-state index contributed by atoms with van der Waals surface area (Å²) in [5, 5.41) is 9.02. The fourth-order valence-corrected chi connectivity index (χ4v) is 3.91. The first-order valence-corrected chi connectivity index (χ1v) is 9.29. The monoisotopic (exact) mass is 361 g/mol. The van der Waals surface area contributed by atoms with Crippen LogP contribution < -0.4 is 4.74 Å². The van der Waals surface area contributed by atoms with Crippen LogP contribution >= 0.6 is 0 Å². The molecule has 0 bridgehead atoms. The van der Waals surface area contributed by atoms with Crippen LogP contribution in [-0.4, -0.2) is 36.1 Å². The van der Waals surface area contributed by atoms with E-state index in [-0.39, 0.29) is 0 Å². The smallest absolute Gasteiger partial charge is 0.328 e. The Morgan fingerprint density at radius 1 is 1.07 bits per heavy atom. The molecule has 4 nitrogen and oxygen atoms in total. The molecule has 0 spiro atoms. The summed E-state index contributed by atoms with van der Waals surface area (Å²) in [6, 6.07) is 14.4. The summed E-state index contributed by atoms with van der Waals surface area (Å²) >= 11 is 0. The molecule has 4 heteroatoms. The third-order valence-electron chi connectivity index (χ3n) is 5.32. The molecule has 1 saturated heterocycles. The van der Waals surface area contributed by atoms with Crippen LogP contribution in [-0.2, 0) is 11.4 Å². The lowest BCUT2D eigenvalue weighted by Gasteiger charge is -2.27. The van der Waals surface area contributed by atoms with Crippen LogP contribution in [0.5, 0.6) is 5.75 Å². The Labute approximate surface area is 159 Å². The first-order valence-electron chi connectivity index (χ1n) is 9.29. The van der Waals surface area contributed by atoms with Gasteiger partial charge in [0.05, 0.1) is 0 Å². The SMILES string of the molecule is CN1CCC(=C2c3ccccc3COc3c(C=CC(=O)O)cccc32)CC1. The average molecular weight is 361 g/mol. The van der Waals surface area contributed by atoms with Crippen molar-refractivity contribution in [3.05, 3.63) is 76.4 Å². The van der Waals surface area contributed by atoms with E-state index in [1.54, 1.807) is 6.08 Å². The van der Waals surface area contributed by atoms with Crippen LogP contribution in [0, 0.1) is 0 Å². The van der Waals surface area contributed by atoms with Crippen molar-refractivity contribution in [1.29, 1.82) is 0 Å². The van der Waals surface area contributed by atoms with E-state index in [9.17, 15) is 4.79 Å². The number of piperidine rings is 1. The number of rotatable bonds is 2. The fourth-order valence-electron chi connectivity index (χ4n) is 3.91. The third-order valence-corrected chi connectivity index (χ3v) is 5.32. The van der Waals surface area contributed by atoms with Crippen molar-refractivity contribution in [3.63, 3.8) is 0 Å². The number of carbonyl (C=O) groups is 1. The van der Waals surface area contributed by atoms with Gasteiger partial charge in [0.15, 0.2) is 0 Å². The number of benzene rings is 2. The van der Waals surface area contributed by atoms with Gasteiger partial charge in [-0.3, -0.25) is 0 Å². The van der Waals surface area contributed by atoms with E-state index in [0.717, 1.165) is 42.8 Å². The van der Waals surface area contributed by atoms with Crippen molar-refractivity contribution >= 4 is 17.6 Å². The number of likely N-dealkylation sites (tertiary alicyclic amines) is 1. The van der Waals surface area contributed by atoms with Crippen LogP contribution in [0.15, 0.2) is 54.1 Å². The molecule has 0 saturated carbocycles. The molecule has 2 aromatic carbocycles. The highest BCUT2D eigenvalue weighted by molar-refractivity contribution is 5.91. The largest absolute Gasteiger partial charge is 0.488 e. The number of carboxylic acid groups (broad SMARTS) is 1. The van der Waals surface area contributed by atoms with Crippen molar-refractivity contribution < 1.29 is 14.6 Å². The Bertz CT molecular complexity index is 932. The number of fused-ring (bicyclic) bond motifs is 2. The predicted molar refractivity (Wildman–Crippen MR) is 107 cm³/mol. The molecule has 2 heterocycles. The molecular formula is C23H23NO3. The van der Waals surface area contributed by atoms with Crippen LogP contribution in [0.1, 0.15) is 35.1 Å². The van der Waals surface area contributed by atoms with Gasteiger partial charge in [0.2, 0.25) is 0 Å². The Morgan fingerprint density at radius 3 is 2.59 bits per heavy atom. The summed E-state index contributed by atoms with van der Waals surface area (Å²) in [5.74, 6) is -0.189. The number of hydrogen-bond acceptors (Lipinski definition) is 3. The minimum atomic E-state index is -0.960. The maximum Gasteiger partial charge on any atom is 0.328 e. The zero-order valence-electron chi connectivity index (χ0n) is 15.4. The first-order chi connectivity index (χ1) is 13.1. The first kappa shape index (κ1) is 17.6. The maximum atomic E-state index is 11.0. The second-order valence-electron chi connectivity index (χ2n) is 7.12. The minimum absolute atomic E-state index is 0.484. The van der Waals surface area contributed by atoms with E-state index in [1.807, 2.05) is 18.2 Å².